The molecule has 1 heteroatoms. The molecule has 0 fully saturated rings. The molecule has 1 nitrogen and oxygen atoms in total. The van der Waals surface area contributed by atoms with Crippen LogP contribution in [0.15, 0.2) is 36.4 Å². The average molecular weight is 322 g/mol. The summed E-state index contributed by atoms with van der Waals surface area (Å²) in [4.78, 5) is 0. The molecular formula is C23H30O. The fraction of sp³-hybridized carbons (Fsp3) is 0.391. The number of rotatable bonds is 8. The van der Waals surface area contributed by atoms with Crippen LogP contribution < -0.4 is 4.74 Å². The highest BCUT2D eigenvalue weighted by Crippen LogP contribution is 2.26. The Morgan fingerprint density at radius 2 is 1.54 bits per heavy atom. The second-order valence-electron chi connectivity index (χ2n) is 6.56. The monoisotopic (exact) mass is 322 g/mol. The number of hydrogen-bond acceptors (Lipinski definition) is 1. The first-order valence-electron chi connectivity index (χ1n) is 9.09. The minimum atomic E-state index is 0.818. The Balaban J connectivity index is 2.02. The van der Waals surface area contributed by atoms with Crippen molar-refractivity contribution in [2.75, 3.05) is 6.61 Å². The van der Waals surface area contributed by atoms with Gasteiger partial charge in [0.05, 0.1) is 6.61 Å². The average Bonchev–Trinajstić information content (AvgIpc) is 2.59. The normalized spacial score (nSPS) is 11.2. The minimum absolute atomic E-state index is 0.818. The van der Waals surface area contributed by atoms with Crippen LogP contribution in [0.4, 0.5) is 0 Å². The number of benzene rings is 2. The van der Waals surface area contributed by atoms with Crippen LogP contribution in [0.25, 0.3) is 12.2 Å². The SMILES string of the molecule is CCCCCCOc1ccc(C=Cc2ccc(C)cc2)c(C)c1C. The molecule has 0 bridgehead atoms. The summed E-state index contributed by atoms with van der Waals surface area (Å²) >= 11 is 0. The lowest BCUT2D eigenvalue weighted by molar-refractivity contribution is 0.303. The Morgan fingerprint density at radius 1 is 0.792 bits per heavy atom. The summed E-state index contributed by atoms with van der Waals surface area (Å²) in [7, 11) is 0. The quantitative estimate of drug-likeness (QED) is 0.386. The summed E-state index contributed by atoms with van der Waals surface area (Å²) in [5.74, 6) is 1.02. The van der Waals surface area contributed by atoms with Gasteiger partial charge in [-0.25, -0.2) is 0 Å². The lowest BCUT2D eigenvalue weighted by Crippen LogP contribution is -2.00. The van der Waals surface area contributed by atoms with Crippen LogP contribution in [0.5, 0.6) is 5.75 Å². The van der Waals surface area contributed by atoms with Crippen molar-refractivity contribution in [3.63, 3.8) is 0 Å². The first-order chi connectivity index (χ1) is 11.6. The van der Waals surface area contributed by atoms with E-state index in [2.05, 4.69) is 76.2 Å². The van der Waals surface area contributed by atoms with E-state index in [1.54, 1.807) is 0 Å². The Hall–Kier alpha value is -2.02. The Kier molecular flexibility index (Phi) is 7.11. The van der Waals surface area contributed by atoms with Gasteiger partial charge in [0.1, 0.15) is 5.75 Å². The van der Waals surface area contributed by atoms with E-state index < -0.39 is 0 Å². The van der Waals surface area contributed by atoms with Crippen molar-refractivity contribution in [3.05, 3.63) is 64.2 Å². The Bertz CT molecular complexity index is 665. The van der Waals surface area contributed by atoms with E-state index >= 15 is 0 Å². The van der Waals surface area contributed by atoms with Crippen molar-refractivity contribution in [1.82, 2.24) is 0 Å². The molecular weight excluding hydrogens is 292 g/mol. The molecule has 0 aliphatic carbocycles. The fourth-order valence-electron chi connectivity index (χ4n) is 2.73. The summed E-state index contributed by atoms with van der Waals surface area (Å²) in [5.41, 5.74) is 6.32. The van der Waals surface area contributed by atoms with E-state index in [-0.39, 0.29) is 0 Å². The first-order valence-corrected chi connectivity index (χ1v) is 9.09. The van der Waals surface area contributed by atoms with Crippen molar-refractivity contribution in [2.45, 2.75) is 53.4 Å². The van der Waals surface area contributed by atoms with Crippen LogP contribution in [0.3, 0.4) is 0 Å². The highest BCUT2D eigenvalue weighted by molar-refractivity contribution is 5.72. The summed E-state index contributed by atoms with van der Waals surface area (Å²) < 4.78 is 5.97. The van der Waals surface area contributed by atoms with Crippen LogP contribution in [-0.4, -0.2) is 6.61 Å². The summed E-state index contributed by atoms with van der Waals surface area (Å²) in [6, 6.07) is 12.9. The maximum atomic E-state index is 5.97. The smallest absolute Gasteiger partial charge is 0.122 e. The molecule has 24 heavy (non-hydrogen) atoms. The third-order valence-electron chi connectivity index (χ3n) is 4.57. The van der Waals surface area contributed by atoms with E-state index in [4.69, 9.17) is 4.74 Å². The van der Waals surface area contributed by atoms with E-state index in [1.165, 1.54) is 47.1 Å². The van der Waals surface area contributed by atoms with Crippen LogP contribution >= 0.6 is 0 Å². The van der Waals surface area contributed by atoms with E-state index in [0.717, 1.165) is 18.8 Å². The maximum Gasteiger partial charge on any atom is 0.122 e. The first kappa shape index (κ1) is 18.3. The van der Waals surface area contributed by atoms with Crippen molar-refractivity contribution < 1.29 is 4.74 Å². The molecule has 2 aromatic carbocycles. The topological polar surface area (TPSA) is 9.23 Å². The molecule has 0 saturated heterocycles. The van der Waals surface area contributed by atoms with Gasteiger partial charge in [-0.05, 0) is 55.5 Å². The summed E-state index contributed by atoms with van der Waals surface area (Å²) in [5, 5.41) is 0. The third-order valence-corrected chi connectivity index (χ3v) is 4.57. The van der Waals surface area contributed by atoms with E-state index in [9.17, 15) is 0 Å². The predicted molar refractivity (Wildman–Crippen MR) is 106 cm³/mol. The Morgan fingerprint density at radius 3 is 2.25 bits per heavy atom. The molecule has 0 N–H and O–H groups in total. The molecule has 0 saturated carbocycles. The molecule has 0 radical (unpaired) electrons. The van der Waals surface area contributed by atoms with Crippen molar-refractivity contribution >= 4 is 12.2 Å². The van der Waals surface area contributed by atoms with Gasteiger partial charge in [0, 0.05) is 0 Å². The number of hydrogen-bond donors (Lipinski definition) is 0. The molecule has 0 aliphatic rings. The number of aryl methyl sites for hydroxylation is 1. The molecule has 2 aromatic rings. The zero-order chi connectivity index (χ0) is 17.4. The second kappa shape index (κ2) is 9.32. The van der Waals surface area contributed by atoms with Gasteiger partial charge in [-0.1, -0.05) is 74.2 Å². The zero-order valence-corrected chi connectivity index (χ0v) is 15.6. The summed E-state index contributed by atoms with van der Waals surface area (Å²) in [6.07, 6.45) is 9.32. The number of ether oxygens (including phenoxy) is 1. The molecule has 0 atom stereocenters. The third kappa shape index (κ3) is 5.26. The zero-order valence-electron chi connectivity index (χ0n) is 15.6. The van der Waals surface area contributed by atoms with Crippen LogP contribution in [0.1, 0.15) is 60.4 Å². The molecule has 0 aliphatic heterocycles. The van der Waals surface area contributed by atoms with E-state index in [1.807, 2.05) is 0 Å². The lowest BCUT2D eigenvalue weighted by atomic mass is 10.0. The van der Waals surface area contributed by atoms with Crippen LogP contribution in [-0.2, 0) is 0 Å². The highest BCUT2D eigenvalue weighted by Gasteiger charge is 2.05. The van der Waals surface area contributed by atoms with Crippen molar-refractivity contribution in [1.29, 1.82) is 0 Å². The van der Waals surface area contributed by atoms with Crippen molar-refractivity contribution in [2.24, 2.45) is 0 Å². The lowest BCUT2D eigenvalue weighted by Gasteiger charge is -2.13. The molecule has 0 amide bonds. The van der Waals surface area contributed by atoms with Gasteiger partial charge in [-0.15, -0.1) is 0 Å². The van der Waals surface area contributed by atoms with Crippen molar-refractivity contribution in [3.8, 4) is 5.75 Å². The molecule has 0 heterocycles. The van der Waals surface area contributed by atoms with Gasteiger partial charge >= 0.3 is 0 Å². The largest absolute Gasteiger partial charge is 0.493 e. The van der Waals surface area contributed by atoms with Gasteiger partial charge in [0.2, 0.25) is 0 Å². The maximum absolute atomic E-state index is 5.97. The van der Waals surface area contributed by atoms with E-state index in [0.29, 0.717) is 0 Å². The molecule has 128 valence electrons. The van der Waals surface area contributed by atoms with Crippen LogP contribution in [0, 0.1) is 20.8 Å². The molecule has 2 rings (SSSR count). The van der Waals surface area contributed by atoms with Gasteiger partial charge in [-0.2, -0.15) is 0 Å². The van der Waals surface area contributed by atoms with Gasteiger partial charge in [-0.3, -0.25) is 0 Å². The Labute approximate surface area is 147 Å². The molecule has 0 aromatic heterocycles. The fourth-order valence-corrected chi connectivity index (χ4v) is 2.73. The van der Waals surface area contributed by atoms with Gasteiger partial charge in [0.15, 0.2) is 0 Å². The van der Waals surface area contributed by atoms with Crippen LogP contribution in [0.2, 0.25) is 0 Å². The number of unbranched alkanes of at least 4 members (excludes halogenated alkanes) is 3. The standard InChI is InChI=1S/C23H30O/c1-5-6-7-8-17-24-23-16-15-22(19(3)20(23)4)14-13-21-11-9-18(2)10-12-21/h9-16H,5-8,17H2,1-4H3. The second-order valence-corrected chi connectivity index (χ2v) is 6.56. The van der Waals surface area contributed by atoms with Gasteiger partial charge < -0.3 is 4.74 Å². The molecule has 0 unspecified atom stereocenters. The summed E-state index contributed by atoms with van der Waals surface area (Å²) in [6.45, 7) is 9.49. The highest BCUT2D eigenvalue weighted by atomic mass is 16.5. The predicted octanol–water partition coefficient (Wildman–Crippen LogP) is 6.74. The minimum Gasteiger partial charge on any atom is -0.493 e. The molecule has 0 spiro atoms. The van der Waals surface area contributed by atoms with Gasteiger partial charge in [0.25, 0.3) is 0 Å².